The van der Waals surface area contributed by atoms with Crippen LogP contribution >= 0.6 is 0 Å². The minimum Gasteiger partial charge on any atom is -0.497 e. The molecule has 0 bridgehead atoms. The van der Waals surface area contributed by atoms with Crippen LogP contribution in [-0.4, -0.2) is 65.6 Å². The molecular weight excluding hydrogens is 490 g/mol. The third-order valence-corrected chi connectivity index (χ3v) is 6.95. The molecule has 3 aromatic rings. The van der Waals surface area contributed by atoms with Gasteiger partial charge in [-0.25, -0.2) is 0 Å². The van der Waals surface area contributed by atoms with Gasteiger partial charge in [0.1, 0.15) is 5.75 Å². The van der Waals surface area contributed by atoms with Gasteiger partial charge >= 0.3 is 0 Å². The number of carbonyl (C=O) groups excluding carboxylic acids is 2. The maximum atomic E-state index is 13.9. The van der Waals surface area contributed by atoms with Gasteiger partial charge in [-0.2, -0.15) is 0 Å². The monoisotopic (exact) mass is 533 g/mol. The van der Waals surface area contributed by atoms with Crippen molar-refractivity contribution in [3.63, 3.8) is 0 Å². The second kappa shape index (κ2) is 14.0. The van der Waals surface area contributed by atoms with Crippen LogP contribution in [0.5, 0.6) is 5.75 Å². The Morgan fingerprint density at radius 1 is 0.974 bits per heavy atom. The van der Waals surface area contributed by atoms with Crippen LogP contribution in [0.4, 0.5) is 0 Å². The summed E-state index contributed by atoms with van der Waals surface area (Å²) in [5, 5.41) is 0. The zero-order valence-corrected chi connectivity index (χ0v) is 24.2. The maximum absolute atomic E-state index is 13.9. The van der Waals surface area contributed by atoms with E-state index in [1.165, 1.54) is 0 Å². The summed E-state index contributed by atoms with van der Waals surface area (Å²) in [5.41, 5.74) is 2.65. The molecule has 1 aromatic heterocycles. The fourth-order valence-corrected chi connectivity index (χ4v) is 4.75. The van der Waals surface area contributed by atoms with Gasteiger partial charge in [-0.15, -0.1) is 0 Å². The van der Waals surface area contributed by atoms with Gasteiger partial charge in [-0.1, -0.05) is 49.4 Å². The molecule has 1 unspecified atom stereocenters. The fourth-order valence-electron chi connectivity index (χ4n) is 4.75. The van der Waals surface area contributed by atoms with Crippen LogP contribution in [0.1, 0.15) is 56.9 Å². The van der Waals surface area contributed by atoms with Crippen LogP contribution in [0, 0.1) is 0 Å². The van der Waals surface area contributed by atoms with E-state index in [4.69, 9.17) is 9.47 Å². The van der Waals surface area contributed by atoms with Crippen LogP contribution in [0.25, 0.3) is 0 Å². The molecule has 1 atom stereocenters. The zero-order chi connectivity index (χ0) is 28.4. The van der Waals surface area contributed by atoms with Gasteiger partial charge in [0.15, 0.2) is 0 Å². The number of nitrogens with zero attached hydrogens (tertiary/aromatic N) is 3. The number of hydrogen-bond acceptors (Lipinski definition) is 4. The summed E-state index contributed by atoms with van der Waals surface area (Å²) in [6.07, 6.45) is 2.68. The van der Waals surface area contributed by atoms with Gasteiger partial charge in [0, 0.05) is 37.6 Å². The maximum Gasteiger partial charge on any atom is 0.242 e. The number of rotatable bonds is 13. The van der Waals surface area contributed by atoms with Crippen LogP contribution in [0.3, 0.4) is 0 Å². The molecule has 210 valence electrons. The second-order valence-corrected chi connectivity index (χ2v) is 10.8. The van der Waals surface area contributed by atoms with Crippen LogP contribution in [0.2, 0.25) is 0 Å². The molecule has 0 N–H and O–H groups in total. The standard InChI is InChI=1S/C32H43N3O4/c1-7-29(26-14-9-8-10-15-26)31(37)34(19-20-38-5)24-30(36)35(32(2,3)4)23-27-16-12-18-33(27)22-25-13-11-17-28(21-25)39-6/h8-18,21,29H,7,19-20,22-24H2,1-6H3. The SMILES string of the molecule is CCC(C(=O)N(CCOC)CC(=O)N(Cc1cccn1Cc1cccc(OC)c1)C(C)(C)C)c1ccccc1. The van der Waals surface area contributed by atoms with Crippen LogP contribution in [0.15, 0.2) is 72.9 Å². The Bertz CT molecular complexity index is 1200. The Morgan fingerprint density at radius 3 is 2.36 bits per heavy atom. The Kier molecular flexibility index (Phi) is 10.8. The molecule has 0 saturated heterocycles. The van der Waals surface area contributed by atoms with Gasteiger partial charge in [-0.3, -0.25) is 9.59 Å². The number of ether oxygens (including phenoxy) is 2. The van der Waals surface area contributed by atoms with Crippen molar-refractivity contribution in [3.05, 3.63) is 89.7 Å². The predicted octanol–water partition coefficient (Wildman–Crippen LogP) is 5.34. The number of hydrogen-bond donors (Lipinski definition) is 0. The van der Waals surface area contributed by atoms with Crippen molar-refractivity contribution in [2.75, 3.05) is 33.9 Å². The van der Waals surface area contributed by atoms with Crippen molar-refractivity contribution in [3.8, 4) is 5.75 Å². The molecule has 0 saturated carbocycles. The van der Waals surface area contributed by atoms with E-state index in [2.05, 4.69) is 10.6 Å². The molecule has 3 rings (SSSR count). The average Bonchev–Trinajstić information content (AvgIpc) is 3.36. The molecule has 0 aliphatic heterocycles. The first kappa shape index (κ1) is 30.0. The number of amides is 2. The van der Waals surface area contributed by atoms with Crippen molar-refractivity contribution in [1.29, 1.82) is 0 Å². The lowest BCUT2D eigenvalue weighted by Gasteiger charge is -2.38. The molecule has 2 amide bonds. The van der Waals surface area contributed by atoms with E-state index in [9.17, 15) is 9.59 Å². The smallest absolute Gasteiger partial charge is 0.242 e. The highest BCUT2D eigenvalue weighted by molar-refractivity contribution is 5.88. The Labute approximate surface area is 233 Å². The first-order chi connectivity index (χ1) is 18.7. The first-order valence-electron chi connectivity index (χ1n) is 13.6. The van der Waals surface area contributed by atoms with Crippen molar-refractivity contribution in [1.82, 2.24) is 14.4 Å². The average molecular weight is 534 g/mol. The summed E-state index contributed by atoms with van der Waals surface area (Å²) in [6, 6.07) is 21.8. The van der Waals surface area contributed by atoms with Gasteiger partial charge in [0.2, 0.25) is 11.8 Å². The van der Waals surface area contributed by atoms with Crippen molar-refractivity contribution in [2.24, 2.45) is 0 Å². The lowest BCUT2D eigenvalue weighted by Crippen LogP contribution is -2.51. The number of aromatic nitrogens is 1. The molecule has 0 spiro atoms. The summed E-state index contributed by atoms with van der Waals surface area (Å²) in [6.45, 7) is 9.91. The molecule has 1 heterocycles. The Morgan fingerprint density at radius 2 is 1.72 bits per heavy atom. The second-order valence-electron chi connectivity index (χ2n) is 10.8. The van der Waals surface area contributed by atoms with Crippen molar-refractivity contribution in [2.45, 2.75) is 58.7 Å². The fraction of sp³-hybridized carbons (Fsp3) is 0.438. The topological polar surface area (TPSA) is 64.0 Å². The van der Waals surface area contributed by atoms with E-state index < -0.39 is 5.54 Å². The normalized spacial score (nSPS) is 12.2. The number of carbonyl (C=O) groups is 2. The molecule has 39 heavy (non-hydrogen) atoms. The third kappa shape index (κ3) is 8.20. The molecule has 0 fully saturated rings. The lowest BCUT2D eigenvalue weighted by atomic mass is 9.95. The number of methoxy groups -OCH3 is 2. The van der Waals surface area contributed by atoms with Gasteiger partial charge in [-0.05, 0) is 62.6 Å². The Balaban J connectivity index is 1.81. The molecule has 0 radical (unpaired) electrons. The highest BCUT2D eigenvalue weighted by atomic mass is 16.5. The molecule has 7 nitrogen and oxygen atoms in total. The van der Waals surface area contributed by atoms with Crippen molar-refractivity contribution >= 4 is 11.8 Å². The minimum absolute atomic E-state index is 0.000606. The molecule has 0 aliphatic carbocycles. The van der Waals surface area contributed by atoms with E-state index in [0.717, 1.165) is 22.6 Å². The molecular formula is C32H43N3O4. The summed E-state index contributed by atoms with van der Waals surface area (Å²) in [7, 11) is 3.27. The van der Waals surface area contributed by atoms with E-state index in [1.54, 1.807) is 19.1 Å². The van der Waals surface area contributed by atoms with Crippen LogP contribution in [-0.2, 0) is 27.4 Å². The van der Waals surface area contributed by atoms with E-state index in [0.29, 0.717) is 32.7 Å². The summed E-state index contributed by atoms with van der Waals surface area (Å²) < 4.78 is 12.8. The Hall–Kier alpha value is -3.58. The summed E-state index contributed by atoms with van der Waals surface area (Å²) in [5.74, 6) is 0.363. The zero-order valence-electron chi connectivity index (χ0n) is 24.2. The lowest BCUT2D eigenvalue weighted by molar-refractivity contribution is -0.145. The quantitative estimate of drug-likeness (QED) is 0.298. The highest BCUT2D eigenvalue weighted by Crippen LogP contribution is 2.24. The minimum atomic E-state index is -0.443. The van der Waals surface area contributed by atoms with E-state index >= 15 is 0 Å². The summed E-state index contributed by atoms with van der Waals surface area (Å²) in [4.78, 5) is 31.1. The first-order valence-corrected chi connectivity index (χ1v) is 13.6. The van der Waals surface area contributed by atoms with Gasteiger partial charge in [0.05, 0.1) is 32.7 Å². The van der Waals surface area contributed by atoms with E-state index in [1.807, 2.05) is 99.5 Å². The molecule has 7 heteroatoms. The summed E-state index contributed by atoms with van der Waals surface area (Å²) >= 11 is 0. The van der Waals surface area contributed by atoms with Crippen molar-refractivity contribution < 1.29 is 19.1 Å². The molecule has 0 aliphatic rings. The highest BCUT2D eigenvalue weighted by Gasteiger charge is 2.32. The van der Waals surface area contributed by atoms with Gasteiger partial charge in [0.25, 0.3) is 0 Å². The predicted molar refractivity (Wildman–Crippen MR) is 155 cm³/mol. The van der Waals surface area contributed by atoms with E-state index in [-0.39, 0.29) is 24.3 Å². The number of benzene rings is 2. The largest absolute Gasteiger partial charge is 0.497 e. The van der Waals surface area contributed by atoms with Crippen LogP contribution < -0.4 is 4.74 Å². The van der Waals surface area contributed by atoms with Gasteiger partial charge < -0.3 is 23.8 Å². The molecule has 2 aromatic carbocycles. The third-order valence-electron chi connectivity index (χ3n) is 6.95.